The minimum absolute atomic E-state index is 0.349. The van der Waals surface area contributed by atoms with Crippen molar-refractivity contribution in [3.8, 4) is 5.75 Å². The number of aryl methyl sites for hydroxylation is 1. The van der Waals surface area contributed by atoms with Crippen molar-refractivity contribution in [2.24, 2.45) is 7.05 Å². The number of benzene rings is 1. The van der Waals surface area contributed by atoms with Gasteiger partial charge in [0, 0.05) is 16.0 Å². The Hall–Kier alpha value is -2.10. The highest BCUT2D eigenvalue weighted by Gasteiger charge is 2.24. The lowest BCUT2D eigenvalue weighted by molar-refractivity contribution is -0.138. The fourth-order valence-corrected chi connectivity index (χ4v) is 2.53. The molecule has 116 valence electrons. The highest BCUT2D eigenvalue weighted by atomic mass is 127. The molecule has 0 spiro atoms. The molecule has 8 heteroatoms. The number of rotatable bonds is 3. The molecule has 0 saturated heterocycles. The zero-order valence-electron chi connectivity index (χ0n) is 11.8. The van der Waals surface area contributed by atoms with E-state index in [-0.39, 0.29) is 0 Å². The lowest BCUT2D eigenvalue weighted by atomic mass is 10.1. The van der Waals surface area contributed by atoms with E-state index in [2.05, 4.69) is 5.32 Å². The second-order valence-corrected chi connectivity index (χ2v) is 6.03. The quantitative estimate of drug-likeness (QED) is 0.649. The number of fused-ring (bicyclic) bond motifs is 1. The predicted molar refractivity (Wildman–Crippen MR) is 88.1 cm³/mol. The molecule has 0 aliphatic heterocycles. The standard InChI is InChI=1S/C14H13IN2O5/c1-6(14(21)22)16-12(19)10-11(18)8-5-7(15)3-4-9(8)17(2)13(10)20/h3-6,18H,1-2H3,(H,16,19)(H,21,22)/t6-/m0/s1. The fraction of sp³-hybridized carbons (Fsp3) is 0.214. The van der Waals surface area contributed by atoms with Crippen molar-refractivity contribution in [1.29, 1.82) is 0 Å². The number of carboxylic acid groups (broad SMARTS) is 1. The summed E-state index contributed by atoms with van der Waals surface area (Å²) in [4.78, 5) is 35.2. The number of carbonyl (C=O) groups is 2. The number of aromatic nitrogens is 1. The smallest absolute Gasteiger partial charge is 0.325 e. The van der Waals surface area contributed by atoms with E-state index in [1.807, 2.05) is 22.6 Å². The molecule has 1 aromatic carbocycles. The molecule has 1 heterocycles. The van der Waals surface area contributed by atoms with E-state index >= 15 is 0 Å². The molecule has 7 nitrogen and oxygen atoms in total. The zero-order chi connectivity index (χ0) is 16.6. The molecule has 2 rings (SSSR count). The van der Waals surface area contributed by atoms with Crippen molar-refractivity contribution in [1.82, 2.24) is 9.88 Å². The molecule has 1 atom stereocenters. The van der Waals surface area contributed by atoms with Gasteiger partial charge in [-0.25, -0.2) is 0 Å². The van der Waals surface area contributed by atoms with E-state index in [4.69, 9.17) is 5.11 Å². The van der Waals surface area contributed by atoms with Crippen LogP contribution in [0.15, 0.2) is 23.0 Å². The van der Waals surface area contributed by atoms with Crippen molar-refractivity contribution >= 4 is 45.4 Å². The maximum absolute atomic E-state index is 12.3. The molecule has 0 aliphatic carbocycles. The molecule has 1 amide bonds. The van der Waals surface area contributed by atoms with Crippen LogP contribution in [0.5, 0.6) is 5.75 Å². The minimum atomic E-state index is -1.24. The molecular formula is C14H13IN2O5. The summed E-state index contributed by atoms with van der Waals surface area (Å²) in [5.41, 5.74) is -0.683. The molecule has 0 bridgehead atoms. The van der Waals surface area contributed by atoms with Gasteiger partial charge in [-0.15, -0.1) is 0 Å². The largest absolute Gasteiger partial charge is 0.506 e. The van der Waals surface area contributed by atoms with E-state index in [1.165, 1.54) is 18.5 Å². The van der Waals surface area contributed by atoms with E-state index in [0.29, 0.717) is 10.9 Å². The van der Waals surface area contributed by atoms with Crippen molar-refractivity contribution in [2.45, 2.75) is 13.0 Å². The van der Waals surface area contributed by atoms with Crippen molar-refractivity contribution < 1.29 is 19.8 Å². The summed E-state index contributed by atoms with van der Waals surface area (Å²) in [5.74, 6) is -2.61. The Morgan fingerprint density at radius 3 is 2.59 bits per heavy atom. The highest BCUT2D eigenvalue weighted by molar-refractivity contribution is 14.1. The molecule has 2 aromatic rings. The lowest BCUT2D eigenvalue weighted by Gasteiger charge is -2.13. The number of aromatic hydroxyl groups is 1. The third-order valence-corrected chi connectivity index (χ3v) is 3.95. The molecule has 22 heavy (non-hydrogen) atoms. The molecule has 0 saturated carbocycles. The third-order valence-electron chi connectivity index (χ3n) is 3.28. The van der Waals surface area contributed by atoms with Gasteiger partial charge >= 0.3 is 5.97 Å². The minimum Gasteiger partial charge on any atom is -0.506 e. The Balaban J connectivity index is 2.66. The summed E-state index contributed by atoms with van der Waals surface area (Å²) in [5, 5.41) is 21.6. The average Bonchev–Trinajstić information content (AvgIpc) is 2.44. The first-order chi connectivity index (χ1) is 10.2. The highest BCUT2D eigenvalue weighted by Crippen LogP contribution is 2.27. The second kappa shape index (κ2) is 5.95. The summed E-state index contributed by atoms with van der Waals surface area (Å²) in [6, 6.07) is 3.90. The van der Waals surface area contributed by atoms with E-state index < -0.39 is 34.8 Å². The van der Waals surface area contributed by atoms with Gasteiger partial charge in [0.1, 0.15) is 17.4 Å². The normalized spacial score (nSPS) is 12.1. The summed E-state index contributed by atoms with van der Waals surface area (Å²) in [6.07, 6.45) is 0. The molecule has 3 N–H and O–H groups in total. The van der Waals surface area contributed by atoms with Crippen molar-refractivity contribution in [2.75, 3.05) is 0 Å². The van der Waals surface area contributed by atoms with Crippen LogP contribution >= 0.6 is 22.6 Å². The molecular weight excluding hydrogens is 403 g/mol. The van der Waals surface area contributed by atoms with Gasteiger partial charge in [0.25, 0.3) is 11.5 Å². The number of amides is 1. The molecule has 0 fully saturated rings. The van der Waals surface area contributed by atoms with Gasteiger partial charge in [0.05, 0.1) is 5.52 Å². The van der Waals surface area contributed by atoms with Gasteiger partial charge in [-0.2, -0.15) is 0 Å². The van der Waals surface area contributed by atoms with Gasteiger partial charge in [-0.3, -0.25) is 14.4 Å². The van der Waals surface area contributed by atoms with Gasteiger partial charge in [0.15, 0.2) is 0 Å². The van der Waals surface area contributed by atoms with Gasteiger partial charge in [-0.05, 0) is 47.7 Å². The summed E-state index contributed by atoms with van der Waals surface area (Å²) in [6.45, 7) is 1.27. The SMILES string of the molecule is C[C@H](NC(=O)c1c(O)c2cc(I)ccc2n(C)c1=O)C(=O)O. The van der Waals surface area contributed by atoms with Crippen LogP contribution in [-0.2, 0) is 11.8 Å². The fourth-order valence-electron chi connectivity index (χ4n) is 2.04. The Kier molecular flexibility index (Phi) is 4.40. The number of halogens is 1. The maximum Gasteiger partial charge on any atom is 0.325 e. The zero-order valence-corrected chi connectivity index (χ0v) is 13.9. The van der Waals surface area contributed by atoms with Crippen LogP contribution in [0.3, 0.4) is 0 Å². The first kappa shape index (κ1) is 16.3. The lowest BCUT2D eigenvalue weighted by Crippen LogP contribution is -2.41. The number of hydrogen-bond donors (Lipinski definition) is 3. The summed E-state index contributed by atoms with van der Waals surface area (Å²) >= 11 is 2.05. The van der Waals surface area contributed by atoms with Crippen LogP contribution in [0.4, 0.5) is 0 Å². The Labute approximate surface area is 138 Å². The first-order valence-electron chi connectivity index (χ1n) is 6.29. The monoisotopic (exact) mass is 416 g/mol. The number of hydrogen-bond acceptors (Lipinski definition) is 4. The van der Waals surface area contributed by atoms with Crippen LogP contribution in [0.25, 0.3) is 10.9 Å². The summed E-state index contributed by atoms with van der Waals surface area (Å²) in [7, 11) is 1.48. The topological polar surface area (TPSA) is 109 Å². The van der Waals surface area contributed by atoms with Crippen LogP contribution in [-0.4, -0.2) is 32.7 Å². The van der Waals surface area contributed by atoms with Gasteiger partial charge in [-0.1, -0.05) is 0 Å². The third kappa shape index (κ3) is 2.78. The van der Waals surface area contributed by atoms with E-state index in [0.717, 1.165) is 3.57 Å². The van der Waals surface area contributed by atoms with Crippen molar-refractivity contribution in [3.63, 3.8) is 0 Å². The first-order valence-corrected chi connectivity index (χ1v) is 7.36. The average molecular weight is 416 g/mol. The van der Waals surface area contributed by atoms with Gasteiger partial charge < -0.3 is 20.1 Å². The van der Waals surface area contributed by atoms with E-state index in [9.17, 15) is 19.5 Å². The number of carbonyl (C=O) groups excluding carboxylic acids is 1. The second-order valence-electron chi connectivity index (χ2n) is 4.78. The summed E-state index contributed by atoms with van der Waals surface area (Å²) < 4.78 is 2.06. The Bertz CT molecular complexity index is 843. The number of nitrogens with zero attached hydrogens (tertiary/aromatic N) is 1. The number of nitrogens with one attached hydrogen (secondary N) is 1. The maximum atomic E-state index is 12.3. The molecule has 0 aliphatic rings. The Morgan fingerprint density at radius 2 is 2.00 bits per heavy atom. The number of carboxylic acids is 1. The van der Waals surface area contributed by atoms with Crippen molar-refractivity contribution in [3.05, 3.63) is 37.7 Å². The Morgan fingerprint density at radius 1 is 1.36 bits per heavy atom. The van der Waals surface area contributed by atoms with Gasteiger partial charge in [0.2, 0.25) is 0 Å². The van der Waals surface area contributed by atoms with E-state index in [1.54, 1.807) is 18.2 Å². The molecule has 0 unspecified atom stereocenters. The molecule has 0 radical (unpaired) electrons. The number of pyridine rings is 1. The van der Waals surface area contributed by atoms with Crippen LogP contribution in [0.1, 0.15) is 17.3 Å². The van der Waals surface area contributed by atoms with Crippen LogP contribution < -0.4 is 10.9 Å². The van der Waals surface area contributed by atoms with Crippen LogP contribution in [0.2, 0.25) is 0 Å². The molecule has 1 aromatic heterocycles. The number of aliphatic carboxylic acids is 1. The predicted octanol–water partition coefficient (Wildman–Crippen LogP) is 1.05. The van der Waals surface area contributed by atoms with Crippen LogP contribution in [0, 0.1) is 3.57 Å².